The largest absolute Gasteiger partial charge is 0.771 e. The number of rotatable bonds is 4. The van der Waals surface area contributed by atoms with Gasteiger partial charge in [-0.2, -0.15) is 0 Å². The number of benzene rings is 2. The molecule has 0 spiro atoms. The topological polar surface area (TPSA) is 71.1 Å². The van der Waals surface area contributed by atoms with Crippen LogP contribution in [0.25, 0.3) is 22.2 Å². The predicted molar refractivity (Wildman–Crippen MR) is 94.2 cm³/mol. The molecule has 0 amide bonds. The molecular weight excluding hydrogens is 355 g/mol. The molecule has 0 saturated carbocycles. The van der Waals surface area contributed by atoms with Gasteiger partial charge in [0, 0.05) is 28.0 Å². The van der Waals surface area contributed by atoms with Crippen molar-refractivity contribution in [2.75, 3.05) is 0 Å². The van der Waals surface area contributed by atoms with Crippen LogP contribution in [0.1, 0.15) is 5.56 Å². The second-order valence-electron chi connectivity index (χ2n) is 5.03. The van der Waals surface area contributed by atoms with Crippen molar-refractivity contribution in [1.29, 1.82) is 0 Å². The lowest BCUT2D eigenvalue weighted by Crippen LogP contribution is -2.07. The van der Waals surface area contributed by atoms with Gasteiger partial charge >= 0.3 is 0 Å². The Kier molecular flexibility index (Phi) is 4.75. The summed E-state index contributed by atoms with van der Waals surface area (Å²) in [6.07, 6.45) is 0. The molecule has 0 radical (unpaired) electrons. The zero-order chi connectivity index (χ0) is 16.6. The van der Waals surface area contributed by atoms with Crippen LogP contribution >= 0.6 is 23.2 Å². The van der Waals surface area contributed by atoms with Gasteiger partial charge in [-0.1, -0.05) is 41.4 Å². The van der Waals surface area contributed by atoms with E-state index in [4.69, 9.17) is 28.9 Å². The fourth-order valence-corrected chi connectivity index (χ4v) is 3.79. The Bertz CT molecular complexity index is 908. The molecule has 2 aromatic carbocycles. The van der Waals surface area contributed by atoms with Gasteiger partial charge in [0.15, 0.2) is 0 Å². The molecular formula is C16H13Cl2N2O2S-. The summed E-state index contributed by atoms with van der Waals surface area (Å²) in [7, 11) is 0. The fourth-order valence-electron chi connectivity index (χ4n) is 2.81. The van der Waals surface area contributed by atoms with Crippen molar-refractivity contribution in [1.82, 2.24) is 4.57 Å². The maximum Gasteiger partial charge on any atom is 0.0855 e. The van der Waals surface area contributed by atoms with Crippen LogP contribution in [0, 0.1) is 0 Å². The Morgan fingerprint density at radius 2 is 1.91 bits per heavy atom. The van der Waals surface area contributed by atoms with Crippen LogP contribution in [-0.4, -0.2) is 13.3 Å². The summed E-state index contributed by atoms with van der Waals surface area (Å²) in [5.41, 5.74) is 9.02. The van der Waals surface area contributed by atoms with Crippen molar-refractivity contribution in [3.05, 3.63) is 58.1 Å². The van der Waals surface area contributed by atoms with E-state index in [0.29, 0.717) is 21.3 Å². The van der Waals surface area contributed by atoms with E-state index in [-0.39, 0.29) is 12.4 Å². The lowest BCUT2D eigenvalue weighted by atomic mass is 10.1. The monoisotopic (exact) mass is 367 g/mol. The number of hydrogen-bond acceptors (Lipinski definition) is 3. The first-order chi connectivity index (χ1) is 11.0. The normalized spacial score (nSPS) is 12.7. The van der Waals surface area contributed by atoms with Crippen LogP contribution < -0.4 is 5.73 Å². The summed E-state index contributed by atoms with van der Waals surface area (Å²) < 4.78 is 24.4. The molecule has 0 fully saturated rings. The van der Waals surface area contributed by atoms with Crippen molar-refractivity contribution >= 4 is 45.2 Å². The minimum Gasteiger partial charge on any atom is -0.771 e. The number of hydrogen-bond donors (Lipinski definition) is 1. The third-order valence-electron chi connectivity index (χ3n) is 3.70. The van der Waals surface area contributed by atoms with Gasteiger partial charge in [0.05, 0.1) is 16.6 Å². The summed E-state index contributed by atoms with van der Waals surface area (Å²) in [4.78, 5) is 0. The number of para-hydroxylation sites is 1. The van der Waals surface area contributed by atoms with Gasteiger partial charge in [0.25, 0.3) is 0 Å². The molecule has 1 atom stereocenters. The maximum absolute atomic E-state index is 11.3. The lowest BCUT2D eigenvalue weighted by molar-refractivity contribution is 0.527. The Labute approximate surface area is 146 Å². The number of nitrogens with zero attached hydrogens (tertiary/aromatic N) is 1. The summed E-state index contributed by atoms with van der Waals surface area (Å²) >= 11 is 10.0. The molecule has 3 rings (SSSR count). The molecule has 1 heterocycles. The lowest BCUT2D eigenvalue weighted by Gasteiger charge is -2.15. The molecule has 0 aliphatic rings. The van der Waals surface area contributed by atoms with E-state index in [9.17, 15) is 8.76 Å². The standard InChI is InChI=1S/C16H14Cl2N2O2S/c17-10-5-6-12(14(18)7-10)16-13(8-19)11-3-1-2-4-15(11)20(16)9-23(21)22/h1-7H,8-9,19H2,(H,21,22)/p-1. The molecule has 1 aromatic heterocycles. The van der Waals surface area contributed by atoms with E-state index < -0.39 is 11.1 Å². The quantitative estimate of drug-likeness (QED) is 0.710. The zero-order valence-electron chi connectivity index (χ0n) is 12.0. The molecule has 120 valence electrons. The van der Waals surface area contributed by atoms with Gasteiger partial charge in [-0.15, -0.1) is 0 Å². The molecule has 4 nitrogen and oxygen atoms in total. The van der Waals surface area contributed by atoms with Gasteiger partial charge in [-0.3, -0.25) is 4.21 Å². The first-order valence-electron chi connectivity index (χ1n) is 6.84. The van der Waals surface area contributed by atoms with Gasteiger partial charge in [-0.25, -0.2) is 0 Å². The van der Waals surface area contributed by atoms with Gasteiger partial charge in [-0.05, 0) is 40.9 Å². The Balaban J connectivity index is 2.39. The summed E-state index contributed by atoms with van der Waals surface area (Å²) in [6, 6.07) is 12.7. The Hall–Kier alpha value is -1.37. The van der Waals surface area contributed by atoms with Crippen LogP contribution in [0.3, 0.4) is 0 Å². The minimum atomic E-state index is -2.25. The average Bonchev–Trinajstić information content (AvgIpc) is 2.81. The third-order valence-corrected chi connectivity index (χ3v) is 4.72. The van der Waals surface area contributed by atoms with Gasteiger partial charge < -0.3 is 14.9 Å². The van der Waals surface area contributed by atoms with Gasteiger partial charge in [0.2, 0.25) is 0 Å². The third kappa shape index (κ3) is 3.03. The zero-order valence-corrected chi connectivity index (χ0v) is 14.3. The van der Waals surface area contributed by atoms with E-state index in [1.54, 1.807) is 22.8 Å². The van der Waals surface area contributed by atoms with Crippen LogP contribution in [0.15, 0.2) is 42.5 Å². The first-order valence-corrected chi connectivity index (χ1v) is 8.84. The molecule has 0 aliphatic carbocycles. The second kappa shape index (κ2) is 6.63. The molecule has 1 unspecified atom stereocenters. The highest BCUT2D eigenvalue weighted by Gasteiger charge is 2.19. The Morgan fingerprint density at radius 1 is 1.17 bits per heavy atom. The van der Waals surface area contributed by atoms with Crippen LogP contribution in [-0.2, 0) is 23.5 Å². The van der Waals surface area contributed by atoms with E-state index in [0.717, 1.165) is 16.5 Å². The summed E-state index contributed by atoms with van der Waals surface area (Å²) in [5, 5.41) is 1.89. The molecule has 3 aromatic rings. The van der Waals surface area contributed by atoms with Crippen LogP contribution in [0.4, 0.5) is 0 Å². The maximum atomic E-state index is 11.3. The van der Waals surface area contributed by atoms with Crippen LogP contribution in [0.5, 0.6) is 0 Å². The van der Waals surface area contributed by atoms with Crippen molar-refractivity contribution in [3.8, 4) is 11.3 Å². The second-order valence-corrected chi connectivity index (χ2v) is 6.74. The SMILES string of the molecule is NCc1c(-c2ccc(Cl)cc2Cl)n(CS(=O)[O-])c2ccccc12. The summed E-state index contributed by atoms with van der Waals surface area (Å²) in [6.45, 7) is 0.271. The van der Waals surface area contributed by atoms with Crippen molar-refractivity contribution in [2.24, 2.45) is 5.73 Å². The molecule has 0 aliphatic heterocycles. The molecule has 7 heteroatoms. The molecule has 23 heavy (non-hydrogen) atoms. The molecule has 0 bridgehead atoms. The van der Waals surface area contributed by atoms with E-state index in [1.807, 2.05) is 24.3 Å². The number of nitrogens with two attached hydrogens (primary N) is 1. The minimum absolute atomic E-state index is 0.172. The number of aromatic nitrogens is 1. The summed E-state index contributed by atoms with van der Waals surface area (Å²) in [5.74, 6) is -0.172. The van der Waals surface area contributed by atoms with Crippen molar-refractivity contribution < 1.29 is 8.76 Å². The number of fused-ring (bicyclic) bond motifs is 1. The van der Waals surface area contributed by atoms with Crippen molar-refractivity contribution in [3.63, 3.8) is 0 Å². The predicted octanol–water partition coefficient (Wildman–Crippen LogP) is 3.91. The van der Waals surface area contributed by atoms with E-state index >= 15 is 0 Å². The average molecular weight is 368 g/mol. The van der Waals surface area contributed by atoms with E-state index in [2.05, 4.69) is 0 Å². The highest BCUT2D eigenvalue weighted by molar-refractivity contribution is 7.78. The highest BCUT2D eigenvalue weighted by atomic mass is 35.5. The van der Waals surface area contributed by atoms with Crippen LogP contribution in [0.2, 0.25) is 10.0 Å². The van der Waals surface area contributed by atoms with Crippen molar-refractivity contribution in [2.45, 2.75) is 12.4 Å². The van der Waals surface area contributed by atoms with Gasteiger partial charge in [0.1, 0.15) is 0 Å². The highest BCUT2D eigenvalue weighted by Crippen LogP contribution is 2.38. The fraction of sp³-hybridized carbons (Fsp3) is 0.125. The first kappa shape index (κ1) is 16.5. The number of halogens is 2. The molecule has 0 saturated heterocycles. The smallest absolute Gasteiger partial charge is 0.0855 e. The molecule has 2 N–H and O–H groups in total. The van der Waals surface area contributed by atoms with E-state index in [1.165, 1.54) is 0 Å². The Morgan fingerprint density at radius 3 is 2.57 bits per heavy atom.